The zero-order valence-electron chi connectivity index (χ0n) is 22.0. The van der Waals surface area contributed by atoms with Crippen LogP contribution in [0.1, 0.15) is 48.4 Å². The van der Waals surface area contributed by atoms with E-state index in [-0.39, 0.29) is 34.8 Å². The van der Waals surface area contributed by atoms with Crippen LogP contribution in [0.25, 0.3) is 0 Å². The van der Waals surface area contributed by atoms with Gasteiger partial charge in [-0.15, -0.1) is 0 Å². The first-order chi connectivity index (χ1) is 18.0. The summed E-state index contributed by atoms with van der Waals surface area (Å²) in [5, 5.41) is 5.05. The number of carbonyl (C=O) groups is 4. The highest BCUT2D eigenvalue weighted by atomic mass is 32.2. The Hall–Kier alpha value is -3.77. The Morgan fingerprint density at radius 1 is 0.974 bits per heavy atom. The molecule has 0 bridgehead atoms. The Balaban J connectivity index is 2.09. The second-order valence-electron chi connectivity index (χ2n) is 8.51. The maximum absolute atomic E-state index is 12.9. The summed E-state index contributed by atoms with van der Waals surface area (Å²) in [4.78, 5) is 49.8. The average molecular weight is 548 g/mol. The van der Waals surface area contributed by atoms with Crippen LogP contribution in [0.3, 0.4) is 0 Å². The van der Waals surface area contributed by atoms with Gasteiger partial charge in [0.15, 0.2) is 6.61 Å². The molecule has 2 rings (SSSR count). The van der Waals surface area contributed by atoms with Crippen molar-refractivity contribution < 1.29 is 37.1 Å². The van der Waals surface area contributed by atoms with E-state index >= 15 is 0 Å². The highest BCUT2D eigenvalue weighted by molar-refractivity contribution is 7.89. The first-order valence-corrected chi connectivity index (χ1v) is 13.4. The summed E-state index contributed by atoms with van der Waals surface area (Å²) >= 11 is 0. The third-order valence-corrected chi connectivity index (χ3v) is 7.64. The number of para-hydroxylation sites is 1. The molecule has 0 radical (unpaired) electrons. The Kier molecular flexibility index (Phi) is 11.0. The number of hydrogen-bond acceptors (Lipinski definition) is 8. The second-order valence-corrected chi connectivity index (χ2v) is 10.4. The summed E-state index contributed by atoms with van der Waals surface area (Å²) in [7, 11) is -2.57. The summed E-state index contributed by atoms with van der Waals surface area (Å²) in [5.74, 6) is -3.27. The first-order valence-electron chi connectivity index (χ1n) is 12.0. The van der Waals surface area contributed by atoms with Gasteiger partial charge >= 0.3 is 11.9 Å². The van der Waals surface area contributed by atoms with E-state index in [0.717, 1.165) is 0 Å². The van der Waals surface area contributed by atoms with Crippen LogP contribution in [0.2, 0.25) is 0 Å². The number of hydrogen-bond donors (Lipinski definition) is 2. The average Bonchev–Trinajstić information content (AvgIpc) is 2.90. The molecule has 12 heteroatoms. The van der Waals surface area contributed by atoms with Gasteiger partial charge in [-0.1, -0.05) is 45.9 Å². The van der Waals surface area contributed by atoms with Gasteiger partial charge in [0.25, 0.3) is 11.8 Å². The Morgan fingerprint density at radius 2 is 1.63 bits per heavy atom. The summed E-state index contributed by atoms with van der Waals surface area (Å²) in [6.07, 6.45) is 0. The smallest absolute Gasteiger partial charge is 0.339 e. The van der Waals surface area contributed by atoms with E-state index in [1.807, 2.05) is 0 Å². The van der Waals surface area contributed by atoms with E-state index in [1.165, 1.54) is 47.8 Å². The number of nitrogens with zero attached hydrogens (tertiary/aromatic N) is 1. The van der Waals surface area contributed by atoms with E-state index in [1.54, 1.807) is 39.8 Å². The molecular formula is C26H33N3O8S. The largest absolute Gasteiger partial charge is 0.465 e. The van der Waals surface area contributed by atoms with Gasteiger partial charge in [-0.3, -0.25) is 9.59 Å². The topological polar surface area (TPSA) is 148 Å². The zero-order valence-corrected chi connectivity index (χ0v) is 22.8. The standard InChI is InChI=1S/C26H33N3O8S/c1-6-29(7-2)38(34,35)19-12-10-11-18(15-19)24(31)28-23(17(3)4)26(33)37-16-22(30)27-21-14-9-8-13-20(21)25(32)36-5/h8-15,17,23H,6-7,16H2,1-5H3,(H,27,30)(H,28,31). The van der Waals surface area contributed by atoms with E-state index in [4.69, 9.17) is 4.74 Å². The van der Waals surface area contributed by atoms with Crippen molar-refractivity contribution in [1.29, 1.82) is 0 Å². The first kappa shape index (κ1) is 30.5. The molecule has 0 aromatic heterocycles. The van der Waals surface area contributed by atoms with Crippen LogP contribution in [0.4, 0.5) is 5.69 Å². The number of methoxy groups -OCH3 is 1. The molecule has 2 N–H and O–H groups in total. The molecule has 0 aliphatic carbocycles. The van der Waals surface area contributed by atoms with Crippen molar-refractivity contribution in [3.63, 3.8) is 0 Å². The minimum Gasteiger partial charge on any atom is -0.465 e. The molecule has 0 heterocycles. The van der Waals surface area contributed by atoms with E-state index < -0.39 is 52.3 Å². The van der Waals surface area contributed by atoms with E-state index in [0.29, 0.717) is 0 Å². The Labute approximate surface area is 222 Å². The molecule has 0 aliphatic heterocycles. The number of rotatable bonds is 12. The van der Waals surface area contributed by atoms with Crippen LogP contribution in [0, 0.1) is 5.92 Å². The van der Waals surface area contributed by atoms with Gasteiger partial charge in [-0.05, 0) is 36.2 Å². The van der Waals surface area contributed by atoms with Crippen molar-refractivity contribution >= 4 is 39.5 Å². The lowest BCUT2D eigenvalue weighted by Crippen LogP contribution is -2.46. The number of nitrogens with one attached hydrogen (secondary N) is 2. The van der Waals surface area contributed by atoms with Gasteiger partial charge < -0.3 is 20.1 Å². The van der Waals surface area contributed by atoms with Crippen molar-refractivity contribution in [1.82, 2.24) is 9.62 Å². The van der Waals surface area contributed by atoms with Crippen LogP contribution in [-0.4, -0.2) is 69.3 Å². The SMILES string of the molecule is CCN(CC)S(=O)(=O)c1cccc(C(=O)NC(C(=O)OCC(=O)Nc2ccccc2C(=O)OC)C(C)C)c1. The molecule has 206 valence electrons. The third kappa shape index (κ3) is 7.62. The van der Waals surface area contributed by atoms with Crippen LogP contribution in [0.5, 0.6) is 0 Å². The molecular weight excluding hydrogens is 514 g/mol. The lowest BCUT2D eigenvalue weighted by Gasteiger charge is -2.21. The summed E-state index contributed by atoms with van der Waals surface area (Å²) in [5.41, 5.74) is 0.370. The van der Waals surface area contributed by atoms with Gasteiger partial charge in [0.1, 0.15) is 6.04 Å². The van der Waals surface area contributed by atoms with Crippen LogP contribution in [-0.2, 0) is 29.1 Å². The monoisotopic (exact) mass is 547 g/mol. The van der Waals surface area contributed by atoms with Crippen molar-refractivity contribution in [3.05, 3.63) is 59.7 Å². The fourth-order valence-corrected chi connectivity index (χ4v) is 5.03. The number of carbonyl (C=O) groups excluding carboxylic acids is 4. The fourth-order valence-electron chi connectivity index (χ4n) is 3.53. The van der Waals surface area contributed by atoms with E-state index in [2.05, 4.69) is 15.4 Å². The molecule has 0 spiro atoms. The minimum atomic E-state index is -3.78. The predicted octanol–water partition coefficient (Wildman–Crippen LogP) is 2.44. The molecule has 2 amide bonds. The lowest BCUT2D eigenvalue weighted by molar-refractivity contribution is -0.150. The molecule has 0 saturated heterocycles. The Morgan fingerprint density at radius 3 is 2.24 bits per heavy atom. The van der Waals surface area contributed by atoms with Crippen molar-refractivity contribution in [3.8, 4) is 0 Å². The molecule has 1 atom stereocenters. The molecule has 2 aromatic carbocycles. The number of ether oxygens (including phenoxy) is 2. The molecule has 38 heavy (non-hydrogen) atoms. The number of benzene rings is 2. The lowest BCUT2D eigenvalue weighted by atomic mass is 10.0. The van der Waals surface area contributed by atoms with Gasteiger partial charge in [0, 0.05) is 18.7 Å². The highest BCUT2D eigenvalue weighted by Crippen LogP contribution is 2.18. The highest BCUT2D eigenvalue weighted by Gasteiger charge is 2.28. The molecule has 0 aliphatic rings. The maximum Gasteiger partial charge on any atom is 0.339 e. The number of sulfonamides is 1. The van der Waals surface area contributed by atoms with Crippen molar-refractivity contribution in [2.45, 2.75) is 38.6 Å². The van der Waals surface area contributed by atoms with Gasteiger partial charge in [0.05, 0.1) is 23.3 Å². The normalized spacial score (nSPS) is 12.1. The van der Waals surface area contributed by atoms with Gasteiger partial charge in [0.2, 0.25) is 10.0 Å². The fraction of sp³-hybridized carbons (Fsp3) is 0.385. The van der Waals surface area contributed by atoms with Crippen molar-refractivity contribution in [2.24, 2.45) is 5.92 Å². The van der Waals surface area contributed by atoms with Gasteiger partial charge in [-0.2, -0.15) is 4.31 Å². The third-order valence-electron chi connectivity index (χ3n) is 5.60. The molecule has 0 fully saturated rings. The zero-order chi connectivity index (χ0) is 28.5. The molecule has 11 nitrogen and oxygen atoms in total. The van der Waals surface area contributed by atoms with Crippen molar-refractivity contribution in [2.75, 3.05) is 32.1 Å². The summed E-state index contributed by atoms with van der Waals surface area (Å²) < 4.78 is 36.7. The van der Waals surface area contributed by atoms with Crippen LogP contribution in [0.15, 0.2) is 53.4 Å². The molecule has 0 saturated carbocycles. The maximum atomic E-state index is 12.9. The van der Waals surface area contributed by atoms with Crippen LogP contribution >= 0.6 is 0 Å². The van der Waals surface area contributed by atoms with Crippen LogP contribution < -0.4 is 10.6 Å². The number of amides is 2. The minimum absolute atomic E-state index is 0.0403. The summed E-state index contributed by atoms with van der Waals surface area (Å²) in [6, 6.07) is 10.6. The van der Waals surface area contributed by atoms with E-state index in [9.17, 15) is 27.6 Å². The predicted molar refractivity (Wildman–Crippen MR) is 140 cm³/mol. The summed E-state index contributed by atoms with van der Waals surface area (Å²) in [6.45, 7) is 6.69. The number of esters is 2. The Bertz CT molecular complexity index is 1270. The molecule has 2 aromatic rings. The van der Waals surface area contributed by atoms with Gasteiger partial charge in [-0.25, -0.2) is 18.0 Å². The number of anilines is 1. The molecule has 1 unspecified atom stereocenters. The quantitative estimate of drug-likeness (QED) is 0.385. The second kappa shape index (κ2) is 13.7.